The Morgan fingerprint density at radius 2 is 1.79 bits per heavy atom. The molecule has 8 nitrogen and oxygen atoms in total. The summed E-state index contributed by atoms with van der Waals surface area (Å²) < 4.78 is 1.68. The number of nitrogens with one attached hydrogen (secondary N) is 1. The van der Waals surface area contributed by atoms with Crippen molar-refractivity contribution in [1.82, 2.24) is 24.6 Å². The summed E-state index contributed by atoms with van der Waals surface area (Å²) >= 11 is 0. The Hall–Kier alpha value is -3.55. The number of para-hydroxylation sites is 1. The van der Waals surface area contributed by atoms with E-state index in [-0.39, 0.29) is 11.8 Å². The van der Waals surface area contributed by atoms with Gasteiger partial charge in [-0.15, -0.1) is 10.2 Å². The van der Waals surface area contributed by atoms with E-state index in [9.17, 15) is 9.59 Å². The number of pyridine rings is 1. The summed E-state index contributed by atoms with van der Waals surface area (Å²) in [5.41, 5.74) is 1.95. The van der Waals surface area contributed by atoms with Crippen LogP contribution in [0.3, 0.4) is 0 Å². The topological polar surface area (TPSA) is 93.0 Å². The molecule has 140 valence electrons. The summed E-state index contributed by atoms with van der Waals surface area (Å²) in [6.07, 6.45) is 5.91. The van der Waals surface area contributed by atoms with Crippen LogP contribution in [0.25, 0.3) is 5.82 Å². The van der Waals surface area contributed by atoms with E-state index in [4.69, 9.17) is 0 Å². The number of rotatable bonds is 2. The smallest absolute Gasteiger partial charge is 0.255 e. The Morgan fingerprint density at radius 1 is 1.04 bits per heavy atom. The van der Waals surface area contributed by atoms with Crippen LogP contribution in [0.15, 0.2) is 55.2 Å². The third-order valence-corrected chi connectivity index (χ3v) is 5.71. The Kier molecular flexibility index (Phi) is 3.71. The number of piperidine rings is 1. The van der Waals surface area contributed by atoms with Gasteiger partial charge in [0.2, 0.25) is 5.91 Å². The molecule has 2 amide bonds. The lowest BCUT2D eigenvalue weighted by Gasteiger charge is -2.38. The monoisotopic (exact) mass is 374 g/mol. The van der Waals surface area contributed by atoms with Gasteiger partial charge in [0.15, 0.2) is 0 Å². The summed E-state index contributed by atoms with van der Waals surface area (Å²) in [6, 6.07) is 11.4. The van der Waals surface area contributed by atoms with Gasteiger partial charge in [-0.1, -0.05) is 18.2 Å². The highest BCUT2D eigenvalue weighted by molar-refractivity contribution is 6.06. The van der Waals surface area contributed by atoms with Crippen molar-refractivity contribution in [2.24, 2.45) is 0 Å². The maximum atomic E-state index is 12.9. The molecule has 0 radical (unpaired) electrons. The number of hydrogen-bond donors (Lipinski definition) is 1. The van der Waals surface area contributed by atoms with Crippen LogP contribution in [0.2, 0.25) is 0 Å². The van der Waals surface area contributed by atoms with Crippen molar-refractivity contribution < 1.29 is 9.59 Å². The second-order valence-electron chi connectivity index (χ2n) is 7.15. The van der Waals surface area contributed by atoms with Crippen molar-refractivity contribution >= 4 is 17.5 Å². The van der Waals surface area contributed by atoms with Crippen molar-refractivity contribution in [1.29, 1.82) is 0 Å². The molecule has 28 heavy (non-hydrogen) atoms. The summed E-state index contributed by atoms with van der Waals surface area (Å²) in [4.78, 5) is 31.7. The minimum absolute atomic E-state index is 0.0424. The highest BCUT2D eigenvalue weighted by atomic mass is 16.2. The number of likely N-dealkylation sites (tertiary alicyclic amines) is 1. The van der Waals surface area contributed by atoms with Crippen LogP contribution in [0.4, 0.5) is 5.69 Å². The fraction of sp³-hybridized carbons (Fsp3) is 0.250. The maximum Gasteiger partial charge on any atom is 0.255 e. The molecule has 0 unspecified atom stereocenters. The molecule has 1 saturated heterocycles. The second-order valence-corrected chi connectivity index (χ2v) is 7.15. The molecule has 2 aliphatic rings. The van der Waals surface area contributed by atoms with E-state index in [0.717, 1.165) is 11.3 Å². The van der Waals surface area contributed by atoms with Gasteiger partial charge in [0.1, 0.15) is 18.5 Å². The quantitative estimate of drug-likeness (QED) is 0.738. The van der Waals surface area contributed by atoms with Crippen LogP contribution >= 0.6 is 0 Å². The molecule has 5 rings (SSSR count). The van der Waals surface area contributed by atoms with Crippen LogP contribution in [0, 0.1) is 0 Å². The molecule has 0 saturated carbocycles. The molecule has 1 N–H and O–H groups in total. The molecule has 0 bridgehead atoms. The molecule has 0 aliphatic carbocycles. The van der Waals surface area contributed by atoms with E-state index < -0.39 is 5.41 Å². The number of nitrogens with zero attached hydrogens (tertiary/aromatic N) is 5. The number of amides is 2. The van der Waals surface area contributed by atoms with Gasteiger partial charge >= 0.3 is 0 Å². The maximum absolute atomic E-state index is 12.9. The zero-order chi connectivity index (χ0) is 19.1. The van der Waals surface area contributed by atoms with Crippen LogP contribution in [0.1, 0.15) is 28.8 Å². The molecule has 1 spiro atoms. The van der Waals surface area contributed by atoms with E-state index in [1.807, 2.05) is 24.3 Å². The normalized spacial score (nSPS) is 17.4. The number of fused-ring (bicyclic) bond motifs is 2. The third-order valence-electron chi connectivity index (χ3n) is 5.71. The lowest BCUT2D eigenvalue weighted by Crippen LogP contribution is -2.48. The Bertz CT molecular complexity index is 1040. The first-order valence-electron chi connectivity index (χ1n) is 9.19. The molecule has 1 fully saturated rings. The SMILES string of the molecule is O=C(c1ccc(-n2cnnc2)nc1)N1CCC2(CC1)C(=O)Nc1ccccc12. The van der Waals surface area contributed by atoms with Gasteiger partial charge in [0, 0.05) is 25.0 Å². The summed E-state index contributed by atoms with van der Waals surface area (Å²) in [5, 5.41) is 10.5. The molecule has 3 aromatic rings. The molecule has 0 atom stereocenters. The second kappa shape index (κ2) is 6.26. The lowest BCUT2D eigenvalue weighted by atomic mass is 9.73. The predicted octanol–water partition coefficient (Wildman–Crippen LogP) is 1.79. The van der Waals surface area contributed by atoms with Gasteiger partial charge in [-0.3, -0.25) is 14.2 Å². The first-order valence-corrected chi connectivity index (χ1v) is 9.19. The van der Waals surface area contributed by atoms with Gasteiger partial charge in [-0.2, -0.15) is 0 Å². The van der Waals surface area contributed by atoms with Crippen molar-refractivity contribution in [3.63, 3.8) is 0 Å². The Morgan fingerprint density at radius 3 is 2.50 bits per heavy atom. The van der Waals surface area contributed by atoms with Crippen molar-refractivity contribution in [3.05, 3.63) is 66.4 Å². The zero-order valence-electron chi connectivity index (χ0n) is 15.1. The number of carbonyl (C=O) groups is 2. The van der Waals surface area contributed by atoms with Gasteiger partial charge in [0.25, 0.3) is 5.91 Å². The average molecular weight is 374 g/mol. The average Bonchev–Trinajstić information content (AvgIpc) is 3.36. The molecule has 4 heterocycles. The minimum Gasteiger partial charge on any atom is -0.339 e. The number of anilines is 1. The van der Waals surface area contributed by atoms with Crippen LogP contribution in [-0.2, 0) is 10.2 Å². The Balaban J connectivity index is 1.32. The van der Waals surface area contributed by atoms with Crippen molar-refractivity contribution in [2.75, 3.05) is 18.4 Å². The van der Waals surface area contributed by atoms with Gasteiger partial charge in [0.05, 0.1) is 11.0 Å². The third kappa shape index (κ3) is 2.49. The highest BCUT2D eigenvalue weighted by Gasteiger charge is 2.48. The van der Waals surface area contributed by atoms with Gasteiger partial charge in [-0.05, 0) is 36.6 Å². The molecular formula is C20H18N6O2. The fourth-order valence-corrected chi connectivity index (χ4v) is 4.13. The zero-order valence-corrected chi connectivity index (χ0v) is 15.1. The Labute approximate surface area is 161 Å². The van der Waals surface area contributed by atoms with Crippen LogP contribution < -0.4 is 5.32 Å². The van der Waals surface area contributed by atoms with Crippen LogP contribution in [0.5, 0.6) is 0 Å². The van der Waals surface area contributed by atoms with E-state index >= 15 is 0 Å². The number of aromatic nitrogens is 4. The highest BCUT2D eigenvalue weighted by Crippen LogP contribution is 2.44. The predicted molar refractivity (Wildman–Crippen MR) is 101 cm³/mol. The van der Waals surface area contributed by atoms with E-state index in [0.29, 0.717) is 37.3 Å². The summed E-state index contributed by atoms with van der Waals surface area (Å²) in [5.74, 6) is 0.628. The largest absolute Gasteiger partial charge is 0.339 e. The number of carbonyl (C=O) groups excluding carboxylic acids is 2. The van der Waals surface area contributed by atoms with E-state index in [2.05, 4.69) is 20.5 Å². The molecule has 8 heteroatoms. The first-order chi connectivity index (χ1) is 13.7. The van der Waals surface area contributed by atoms with Crippen LogP contribution in [-0.4, -0.2) is 49.6 Å². The lowest BCUT2D eigenvalue weighted by molar-refractivity contribution is -0.122. The number of benzene rings is 1. The van der Waals surface area contributed by atoms with E-state index in [1.54, 1.807) is 40.5 Å². The molecular weight excluding hydrogens is 356 g/mol. The van der Waals surface area contributed by atoms with Crippen molar-refractivity contribution in [2.45, 2.75) is 18.3 Å². The first kappa shape index (κ1) is 16.6. The fourth-order valence-electron chi connectivity index (χ4n) is 4.13. The molecule has 1 aromatic carbocycles. The standard InChI is InChI=1S/C20H18N6O2/c27-18(14-5-6-17(21-11-14)26-12-22-23-13-26)25-9-7-20(8-10-25)15-3-1-2-4-16(15)24-19(20)28/h1-6,11-13H,7-10H2,(H,24,28). The van der Waals surface area contributed by atoms with Crippen molar-refractivity contribution in [3.8, 4) is 5.82 Å². The van der Waals surface area contributed by atoms with Gasteiger partial charge in [-0.25, -0.2) is 4.98 Å². The summed E-state index contributed by atoms with van der Waals surface area (Å²) in [7, 11) is 0. The van der Waals surface area contributed by atoms with Gasteiger partial charge < -0.3 is 10.2 Å². The summed E-state index contributed by atoms with van der Waals surface area (Å²) in [6.45, 7) is 1.07. The molecule has 2 aromatic heterocycles. The minimum atomic E-state index is -0.524. The molecule has 2 aliphatic heterocycles. The number of hydrogen-bond acceptors (Lipinski definition) is 5. The van der Waals surface area contributed by atoms with E-state index in [1.165, 1.54) is 0 Å².